The van der Waals surface area contributed by atoms with Crippen molar-refractivity contribution in [2.75, 3.05) is 22.9 Å². The SMILES string of the molecule is CC(=O)N1CCCN(Cc2ccc(S(=O)(=O)C(F)F)cc2)c2ccccc21. The van der Waals surface area contributed by atoms with Gasteiger partial charge in [-0.25, -0.2) is 8.42 Å². The van der Waals surface area contributed by atoms with Gasteiger partial charge in [0, 0.05) is 26.6 Å². The Hall–Kier alpha value is -2.48. The number of halogens is 2. The maximum absolute atomic E-state index is 12.7. The molecule has 1 amide bonds. The van der Waals surface area contributed by atoms with E-state index < -0.39 is 15.6 Å². The van der Waals surface area contributed by atoms with E-state index in [-0.39, 0.29) is 10.8 Å². The number of rotatable bonds is 4. The molecule has 0 fully saturated rings. The van der Waals surface area contributed by atoms with Gasteiger partial charge in [0.25, 0.3) is 0 Å². The monoisotopic (exact) mass is 394 g/mol. The Kier molecular flexibility index (Phi) is 5.46. The molecular weight excluding hydrogens is 374 g/mol. The lowest BCUT2D eigenvalue weighted by atomic mass is 10.1. The van der Waals surface area contributed by atoms with Crippen molar-refractivity contribution in [3.8, 4) is 0 Å². The molecule has 0 unspecified atom stereocenters. The van der Waals surface area contributed by atoms with E-state index >= 15 is 0 Å². The lowest BCUT2D eigenvalue weighted by molar-refractivity contribution is -0.116. The average Bonchev–Trinajstić information content (AvgIpc) is 2.82. The van der Waals surface area contributed by atoms with E-state index in [4.69, 9.17) is 0 Å². The third-order valence-corrected chi connectivity index (χ3v) is 5.96. The topological polar surface area (TPSA) is 57.7 Å². The first-order chi connectivity index (χ1) is 12.8. The maximum atomic E-state index is 12.7. The number of fused-ring (bicyclic) bond motifs is 1. The van der Waals surface area contributed by atoms with Gasteiger partial charge in [0.15, 0.2) is 0 Å². The van der Waals surface area contributed by atoms with Crippen molar-refractivity contribution in [1.82, 2.24) is 0 Å². The van der Waals surface area contributed by atoms with Crippen LogP contribution in [-0.4, -0.2) is 33.2 Å². The first-order valence-electron chi connectivity index (χ1n) is 8.54. The fourth-order valence-corrected chi connectivity index (χ4v) is 3.94. The number of hydrogen-bond donors (Lipinski definition) is 0. The lowest BCUT2D eigenvalue weighted by Gasteiger charge is -2.26. The molecule has 0 bridgehead atoms. The van der Waals surface area contributed by atoms with E-state index in [0.717, 1.165) is 29.9 Å². The van der Waals surface area contributed by atoms with E-state index in [9.17, 15) is 22.0 Å². The highest BCUT2D eigenvalue weighted by Crippen LogP contribution is 2.33. The van der Waals surface area contributed by atoms with Crippen molar-refractivity contribution in [1.29, 1.82) is 0 Å². The van der Waals surface area contributed by atoms with Gasteiger partial charge in [-0.15, -0.1) is 0 Å². The highest BCUT2D eigenvalue weighted by atomic mass is 32.2. The summed E-state index contributed by atoms with van der Waals surface area (Å²) in [5.74, 6) is -3.45. The van der Waals surface area contributed by atoms with Crippen LogP contribution in [-0.2, 0) is 21.2 Å². The summed E-state index contributed by atoms with van der Waals surface area (Å²) < 4.78 is 48.4. The predicted octanol–water partition coefficient (Wildman–Crippen LogP) is 3.45. The van der Waals surface area contributed by atoms with Crippen molar-refractivity contribution in [3.63, 3.8) is 0 Å². The Morgan fingerprint density at radius 1 is 1.04 bits per heavy atom. The van der Waals surface area contributed by atoms with Crippen LogP contribution in [0, 0.1) is 0 Å². The molecule has 1 heterocycles. The van der Waals surface area contributed by atoms with E-state index in [2.05, 4.69) is 4.90 Å². The van der Waals surface area contributed by atoms with Crippen LogP contribution in [0.4, 0.5) is 20.2 Å². The largest absolute Gasteiger partial charge is 0.365 e. The summed E-state index contributed by atoms with van der Waals surface area (Å²) >= 11 is 0. The van der Waals surface area contributed by atoms with Crippen molar-refractivity contribution >= 4 is 27.1 Å². The van der Waals surface area contributed by atoms with Crippen molar-refractivity contribution in [2.24, 2.45) is 0 Å². The van der Waals surface area contributed by atoms with Gasteiger partial charge in [0.2, 0.25) is 15.7 Å². The molecule has 0 radical (unpaired) electrons. The molecule has 27 heavy (non-hydrogen) atoms. The molecule has 5 nitrogen and oxygen atoms in total. The third kappa shape index (κ3) is 3.95. The molecule has 144 valence electrons. The van der Waals surface area contributed by atoms with Crippen LogP contribution in [0.2, 0.25) is 0 Å². The quantitative estimate of drug-likeness (QED) is 0.797. The third-order valence-electron chi connectivity index (χ3n) is 4.56. The van der Waals surface area contributed by atoms with Gasteiger partial charge >= 0.3 is 5.76 Å². The zero-order chi connectivity index (χ0) is 19.6. The van der Waals surface area contributed by atoms with Gasteiger partial charge in [-0.3, -0.25) is 4.79 Å². The summed E-state index contributed by atoms with van der Waals surface area (Å²) in [6.45, 7) is 3.36. The first-order valence-corrected chi connectivity index (χ1v) is 10.1. The molecule has 1 aliphatic rings. The van der Waals surface area contributed by atoms with E-state index in [1.165, 1.54) is 19.1 Å². The smallest absolute Gasteiger partial charge is 0.341 e. The normalized spacial score (nSPS) is 14.8. The van der Waals surface area contributed by atoms with E-state index in [1.807, 2.05) is 24.3 Å². The van der Waals surface area contributed by atoms with Crippen molar-refractivity contribution in [3.05, 3.63) is 54.1 Å². The molecule has 0 atom stereocenters. The number of carbonyl (C=O) groups excluding carboxylic acids is 1. The summed E-state index contributed by atoms with van der Waals surface area (Å²) in [5, 5.41) is 0. The van der Waals surface area contributed by atoms with Gasteiger partial charge < -0.3 is 9.80 Å². The molecule has 2 aromatic carbocycles. The summed E-state index contributed by atoms with van der Waals surface area (Å²) in [4.78, 5) is 15.4. The minimum Gasteiger partial charge on any atom is -0.365 e. The fourth-order valence-electron chi connectivity index (χ4n) is 3.22. The van der Waals surface area contributed by atoms with Crippen LogP contribution < -0.4 is 9.80 Å². The Morgan fingerprint density at radius 3 is 2.26 bits per heavy atom. The summed E-state index contributed by atoms with van der Waals surface area (Å²) in [6.07, 6.45) is 0.784. The number of sulfone groups is 1. The van der Waals surface area contributed by atoms with E-state index in [1.54, 1.807) is 17.0 Å². The number of anilines is 2. The predicted molar refractivity (Wildman–Crippen MR) is 99.8 cm³/mol. The Bertz CT molecular complexity index is 930. The molecular formula is C19H20F2N2O3S. The molecule has 0 aliphatic carbocycles. The average molecular weight is 394 g/mol. The Labute approximate surface area is 157 Å². The fraction of sp³-hybridized carbons (Fsp3) is 0.316. The molecule has 1 aliphatic heterocycles. The summed E-state index contributed by atoms with van der Waals surface area (Å²) in [5.41, 5.74) is 2.54. The van der Waals surface area contributed by atoms with Crippen LogP contribution in [0.15, 0.2) is 53.4 Å². The molecule has 8 heteroatoms. The van der Waals surface area contributed by atoms with Gasteiger partial charge in [-0.2, -0.15) is 8.78 Å². The molecule has 0 N–H and O–H groups in total. The van der Waals surface area contributed by atoms with Crippen molar-refractivity contribution in [2.45, 2.75) is 30.5 Å². The first kappa shape index (κ1) is 19.3. The van der Waals surface area contributed by atoms with E-state index in [0.29, 0.717) is 13.1 Å². The second kappa shape index (κ2) is 7.64. The zero-order valence-corrected chi connectivity index (χ0v) is 15.6. The molecule has 0 spiro atoms. The number of para-hydroxylation sites is 2. The number of carbonyl (C=O) groups is 1. The van der Waals surface area contributed by atoms with Gasteiger partial charge in [-0.1, -0.05) is 24.3 Å². The van der Waals surface area contributed by atoms with Crippen molar-refractivity contribution < 1.29 is 22.0 Å². The van der Waals surface area contributed by atoms with Crippen LogP contribution in [0.3, 0.4) is 0 Å². The van der Waals surface area contributed by atoms with Crippen LogP contribution in [0.5, 0.6) is 0 Å². The number of hydrogen-bond acceptors (Lipinski definition) is 4. The molecule has 2 aromatic rings. The molecule has 0 aromatic heterocycles. The number of amides is 1. The summed E-state index contributed by atoms with van der Waals surface area (Å²) in [7, 11) is -4.59. The maximum Gasteiger partial charge on any atom is 0.341 e. The Morgan fingerprint density at radius 2 is 1.67 bits per heavy atom. The van der Waals surface area contributed by atoms with Crippen LogP contribution >= 0.6 is 0 Å². The van der Waals surface area contributed by atoms with Gasteiger partial charge in [0.1, 0.15) is 0 Å². The number of benzene rings is 2. The Balaban J connectivity index is 1.87. The van der Waals surface area contributed by atoms with Gasteiger partial charge in [-0.05, 0) is 36.2 Å². The number of nitrogens with zero attached hydrogens (tertiary/aromatic N) is 2. The molecule has 0 saturated carbocycles. The van der Waals surface area contributed by atoms with Crippen LogP contribution in [0.1, 0.15) is 18.9 Å². The minimum atomic E-state index is -4.59. The molecule has 0 saturated heterocycles. The second-order valence-corrected chi connectivity index (χ2v) is 8.30. The lowest BCUT2D eigenvalue weighted by Crippen LogP contribution is -2.28. The summed E-state index contributed by atoms with van der Waals surface area (Å²) in [6, 6.07) is 13.1. The minimum absolute atomic E-state index is 0.0224. The number of alkyl halides is 2. The second-order valence-electron chi connectivity index (χ2n) is 6.38. The molecule has 3 rings (SSSR count). The van der Waals surface area contributed by atoms with Gasteiger partial charge in [0.05, 0.1) is 16.3 Å². The van der Waals surface area contributed by atoms with Crippen LogP contribution in [0.25, 0.3) is 0 Å². The standard InChI is InChI=1S/C19H20F2N2O3S/c1-14(24)23-12-4-11-22(17-5-2-3-6-18(17)23)13-15-7-9-16(10-8-15)27(25,26)19(20)21/h2-3,5-10,19H,4,11-13H2,1H3. The highest BCUT2D eigenvalue weighted by molar-refractivity contribution is 7.91. The highest BCUT2D eigenvalue weighted by Gasteiger charge is 2.26. The zero-order valence-electron chi connectivity index (χ0n) is 14.8.